The summed E-state index contributed by atoms with van der Waals surface area (Å²) in [6.07, 6.45) is 3.77. The van der Waals surface area contributed by atoms with Crippen molar-refractivity contribution in [3.63, 3.8) is 0 Å². The third-order valence-corrected chi connectivity index (χ3v) is 2.11. The third-order valence-electron chi connectivity index (χ3n) is 1.64. The summed E-state index contributed by atoms with van der Waals surface area (Å²) in [6, 6.07) is 4.28. The van der Waals surface area contributed by atoms with Gasteiger partial charge in [0.25, 0.3) is 0 Å². The van der Waals surface area contributed by atoms with Gasteiger partial charge in [-0.3, -0.25) is 4.98 Å². The molecule has 66 valence electrons. The van der Waals surface area contributed by atoms with Crippen LogP contribution >= 0.6 is 15.9 Å². The van der Waals surface area contributed by atoms with E-state index in [1.165, 1.54) is 0 Å². The highest BCUT2D eigenvalue weighted by atomic mass is 79.9. The predicted molar refractivity (Wildman–Crippen MR) is 53.9 cm³/mol. The van der Waals surface area contributed by atoms with E-state index in [9.17, 15) is 0 Å². The summed E-state index contributed by atoms with van der Waals surface area (Å²) in [6.45, 7) is 2.01. The number of halogens is 1. The van der Waals surface area contributed by atoms with Crippen LogP contribution in [0.5, 0.6) is 0 Å². The Morgan fingerprint density at radius 3 is 2.83 bits per heavy atom. The van der Waals surface area contributed by atoms with Crippen LogP contribution in [0.4, 0.5) is 0 Å². The van der Waals surface area contributed by atoms with E-state index in [0.717, 1.165) is 23.0 Å². The quantitative estimate of drug-likeness (QED) is 0.862. The highest BCUT2D eigenvalue weighted by molar-refractivity contribution is 9.10. The van der Waals surface area contributed by atoms with Crippen LogP contribution in [-0.4, -0.2) is 11.0 Å². The number of nitrogens with zero attached hydrogens (tertiary/aromatic N) is 1. The largest absolute Gasteiger partial charge is 0.328 e. The third kappa shape index (κ3) is 3.32. The monoisotopic (exact) mass is 228 g/mol. The fourth-order valence-corrected chi connectivity index (χ4v) is 1.16. The smallest absolute Gasteiger partial charge is 0.0413 e. The molecule has 2 N–H and O–H groups in total. The first kappa shape index (κ1) is 9.68. The average Bonchev–Trinajstić information content (AvgIpc) is 2.03. The first-order chi connectivity index (χ1) is 5.68. The average molecular weight is 229 g/mol. The van der Waals surface area contributed by atoms with Crippen molar-refractivity contribution in [3.8, 4) is 0 Å². The van der Waals surface area contributed by atoms with Crippen molar-refractivity contribution >= 4 is 15.9 Å². The Balaban J connectivity index is 2.48. The summed E-state index contributed by atoms with van der Waals surface area (Å²) in [7, 11) is 0. The van der Waals surface area contributed by atoms with Gasteiger partial charge in [-0.2, -0.15) is 0 Å². The van der Waals surface area contributed by atoms with Crippen LogP contribution in [-0.2, 0) is 6.42 Å². The molecule has 0 amide bonds. The zero-order chi connectivity index (χ0) is 8.97. The van der Waals surface area contributed by atoms with E-state index in [2.05, 4.69) is 20.9 Å². The van der Waals surface area contributed by atoms with Gasteiger partial charge in [0.2, 0.25) is 0 Å². The molecule has 0 unspecified atom stereocenters. The first-order valence-corrected chi connectivity index (χ1v) is 4.84. The van der Waals surface area contributed by atoms with Gasteiger partial charge in [-0.25, -0.2) is 0 Å². The van der Waals surface area contributed by atoms with E-state index in [1.54, 1.807) is 0 Å². The maximum Gasteiger partial charge on any atom is 0.0413 e. The Morgan fingerprint density at radius 2 is 2.33 bits per heavy atom. The maximum atomic E-state index is 5.63. The molecule has 2 nitrogen and oxygen atoms in total. The molecule has 0 aliphatic carbocycles. The highest BCUT2D eigenvalue weighted by Gasteiger charge is 1.97. The second-order valence-corrected chi connectivity index (χ2v) is 3.90. The number of aryl methyl sites for hydroxylation is 1. The molecule has 0 bridgehead atoms. The molecule has 0 fully saturated rings. The van der Waals surface area contributed by atoms with Gasteiger partial charge in [0.15, 0.2) is 0 Å². The molecule has 0 aliphatic heterocycles. The molecule has 0 radical (unpaired) electrons. The van der Waals surface area contributed by atoms with Crippen molar-refractivity contribution in [1.82, 2.24) is 4.98 Å². The lowest BCUT2D eigenvalue weighted by Gasteiger charge is -2.03. The molecule has 3 heteroatoms. The number of aromatic nitrogens is 1. The molecule has 12 heavy (non-hydrogen) atoms. The van der Waals surface area contributed by atoms with E-state index in [0.29, 0.717) is 0 Å². The fraction of sp³-hybridized carbons (Fsp3) is 0.444. The Hall–Kier alpha value is -0.410. The van der Waals surface area contributed by atoms with Crippen LogP contribution in [0.3, 0.4) is 0 Å². The molecule has 1 atom stereocenters. The summed E-state index contributed by atoms with van der Waals surface area (Å²) in [5.74, 6) is 0. The summed E-state index contributed by atoms with van der Waals surface area (Å²) in [5, 5.41) is 0. The zero-order valence-corrected chi connectivity index (χ0v) is 8.71. The van der Waals surface area contributed by atoms with E-state index in [1.807, 2.05) is 25.3 Å². The van der Waals surface area contributed by atoms with Crippen LogP contribution in [0.15, 0.2) is 22.8 Å². The zero-order valence-electron chi connectivity index (χ0n) is 7.13. The second-order valence-electron chi connectivity index (χ2n) is 2.98. The van der Waals surface area contributed by atoms with Crippen LogP contribution in [0.1, 0.15) is 19.0 Å². The van der Waals surface area contributed by atoms with Gasteiger partial charge in [0, 0.05) is 22.4 Å². The van der Waals surface area contributed by atoms with Gasteiger partial charge in [-0.15, -0.1) is 0 Å². The highest BCUT2D eigenvalue weighted by Crippen LogP contribution is 2.08. The normalized spacial score (nSPS) is 12.9. The molecule has 0 aliphatic rings. The second kappa shape index (κ2) is 4.58. The molecule has 0 aromatic carbocycles. The Labute approximate surface area is 81.3 Å². The topological polar surface area (TPSA) is 38.9 Å². The van der Waals surface area contributed by atoms with Gasteiger partial charge in [0.05, 0.1) is 0 Å². The summed E-state index contributed by atoms with van der Waals surface area (Å²) in [5.41, 5.74) is 6.74. The molecular formula is C9H13BrN2. The van der Waals surface area contributed by atoms with Crippen molar-refractivity contribution in [3.05, 3.63) is 28.5 Å². The summed E-state index contributed by atoms with van der Waals surface area (Å²) < 4.78 is 1.02. The molecule has 1 aromatic heterocycles. The number of pyridine rings is 1. The fourth-order valence-electron chi connectivity index (χ4n) is 0.930. The lowest BCUT2D eigenvalue weighted by atomic mass is 10.1. The Morgan fingerprint density at radius 1 is 1.58 bits per heavy atom. The molecule has 0 saturated heterocycles. The van der Waals surface area contributed by atoms with Crippen LogP contribution in [0.2, 0.25) is 0 Å². The van der Waals surface area contributed by atoms with Crippen LogP contribution < -0.4 is 5.73 Å². The van der Waals surface area contributed by atoms with Gasteiger partial charge >= 0.3 is 0 Å². The lowest BCUT2D eigenvalue weighted by molar-refractivity contribution is 0.658. The minimum absolute atomic E-state index is 0.260. The number of nitrogens with two attached hydrogens (primary N) is 1. The molecule has 1 aromatic rings. The molecule has 1 heterocycles. The number of hydrogen-bond acceptors (Lipinski definition) is 2. The number of hydrogen-bond donors (Lipinski definition) is 1. The maximum absolute atomic E-state index is 5.63. The van der Waals surface area contributed by atoms with Gasteiger partial charge < -0.3 is 5.73 Å². The molecule has 0 spiro atoms. The van der Waals surface area contributed by atoms with E-state index in [-0.39, 0.29) is 6.04 Å². The van der Waals surface area contributed by atoms with Crippen molar-refractivity contribution < 1.29 is 0 Å². The SMILES string of the molecule is C[C@H](N)CCc1ccc(Br)cn1. The van der Waals surface area contributed by atoms with Crippen LogP contribution in [0, 0.1) is 0 Å². The van der Waals surface area contributed by atoms with Crippen molar-refractivity contribution in [1.29, 1.82) is 0 Å². The van der Waals surface area contributed by atoms with E-state index < -0.39 is 0 Å². The summed E-state index contributed by atoms with van der Waals surface area (Å²) in [4.78, 5) is 4.25. The van der Waals surface area contributed by atoms with Gasteiger partial charge in [-0.1, -0.05) is 0 Å². The Kier molecular flexibility index (Phi) is 3.69. The Bertz CT molecular complexity index is 231. The predicted octanol–water partition coefficient (Wildman–Crippen LogP) is 2.12. The van der Waals surface area contributed by atoms with E-state index >= 15 is 0 Å². The minimum atomic E-state index is 0.260. The van der Waals surface area contributed by atoms with Gasteiger partial charge in [0.1, 0.15) is 0 Å². The lowest BCUT2D eigenvalue weighted by Crippen LogP contribution is -2.15. The van der Waals surface area contributed by atoms with Crippen molar-refractivity contribution in [2.24, 2.45) is 5.73 Å². The standard InChI is InChI=1S/C9H13BrN2/c1-7(11)2-4-9-5-3-8(10)6-12-9/h3,5-7H,2,4,11H2,1H3/t7-/m0/s1. The number of rotatable bonds is 3. The van der Waals surface area contributed by atoms with Crippen molar-refractivity contribution in [2.45, 2.75) is 25.8 Å². The van der Waals surface area contributed by atoms with E-state index in [4.69, 9.17) is 5.73 Å². The first-order valence-electron chi connectivity index (χ1n) is 4.04. The minimum Gasteiger partial charge on any atom is -0.328 e. The van der Waals surface area contributed by atoms with Crippen LogP contribution in [0.25, 0.3) is 0 Å². The molecule has 1 rings (SSSR count). The summed E-state index contributed by atoms with van der Waals surface area (Å²) >= 11 is 3.34. The van der Waals surface area contributed by atoms with Gasteiger partial charge in [-0.05, 0) is 47.8 Å². The molecular weight excluding hydrogens is 216 g/mol. The molecule has 0 saturated carbocycles. The van der Waals surface area contributed by atoms with Crippen molar-refractivity contribution in [2.75, 3.05) is 0 Å².